The standard InChI is InChI=1S/C30H21BN4/c1-18-8-5-10-20-21-11-6-9-19(2)29(21)35(28(18)20)31-23-13-3-4-15-25(23)34-26-16-32-17-33-27(26)22-12-7-14-24(31)30(22)34/h3-17H,1-2H3. The first-order chi connectivity index (χ1) is 17.2. The molecule has 0 radical (unpaired) electrons. The van der Waals surface area contributed by atoms with E-state index in [9.17, 15) is 0 Å². The van der Waals surface area contributed by atoms with Crippen LogP contribution in [0.3, 0.4) is 0 Å². The van der Waals surface area contributed by atoms with Crippen molar-refractivity contribution < 1.29 is 0 Å². The van der Waals surface area contributed by atoms with Gasteiger partial charge in [-0.3, -0.25) is 0 Å². The molecular weight excluding hydrogens is 427 g/mol. The molecule has 8 rings (SSSR count). The lowest BCUT2D eigenvalue weighted by Crippen LogP contribution is -2.53. The summed E-state index contributed by atoms with van der Waals surface area (Å²) in [6, 6.07) is 28.8. The maximum Gasteiger partial charge on any atom is 0.332 e. The Morgan fingerprint density at radius 3 is 2.09 bits per heavy atom. The third kappa shape index (κ3) is 2.28. The molecule has 0 saturated carbocycles. The van der Waals surface area contributed by atoms with Crippen molar-refractivity contribution in [2.75, 3.05) is 0 Å². The van der Waals surface area contributed by atoms with E-state index < -0.39 is 0 Å². The van der Waals surface area contributed by atoms with Crippen LogP contribution < -0.4 is 10.9 Å². The second kappa shape index (κ2) is 6.60. The van der Waals surface area contributed by atoms with Gasteiger partial charge in [0.25, 0.3) is 0 Å². The molecule has 0 fully saturated rings. The molecule has 0 atom stereocenters. The van der Waals surface area contributed by atoms with E-state index in [1.165, 1.54) is 60.4 Å². The highest BCUT2D eigenvalue weighted by molar-refractivity contribution is 6.88. The van der Waals surface area contributed by atoms with Crippen molar-refractivity contribution in [3.63, 3.8) is 0 Å². The predicted octanol–water partition coefficient (Wildman–Crippen LogP) is 5.27. The van der Waals surface area contributed by atoms with Crippen LogP contribution in [-0.2, 0) is 0 Å². The lowest BCUT2D eigenvalue weighted by Gasteiger charge is -2.28. The van der Waals surface area contributed by atoms with Crippen LogP contribution >= 0.6 is 0 Å². The van der Waals surface area contributed by atoms with Crippen LogP contribution in [0.1, 0.15) is 11.1 Å². The Morgan fingerprint density at radius 1 is 0.657 bits per heavy atom. The zero-order valence-corrected chi connectivity index (χ0v) is 19.5. The molecule has 3 aromatic heterocycles. The average molecular weight is 448 g/mol. The third-order valence-corrected chi connectivity index (χ3v) is 7.75. The molecule has 0 unspecified atom stereocenters. The number of hydrogen-bond donors (Lipinski definition) is 0. The molecule has 7 aromatic rings. The molecule has 5 heteroatoms. The molecule has 35 heavy (non-hydrogen) atoms. The lowest BCUT2D eigenvalue weighted by atomic mass is 9.48. The van der Waals surface area contributed by atoms with E-state index in [0.29, 0.717) is 0 Å². The van der Waals surface area contributed by atoms with Crippen LogP contribution in [0.2, 0.25) is 0 Å². The Balaban J connectivity index is 1.64. The van der Waals surface area contributed by atoms with Gasteiger partial charge in [-0.2, -0.15) is 0 Å². The molecule has 164 valence electrons. The van der Waals surface area contributed by atoms with Gasteiger partial charge in [-0.05, 0) is 42.0 Å². The van der Waals surface area contributed by atoms with Gasteiger partial charge in [-0.1, -0.05) is 72.8 Å². The molecule has 1 aliphatic rings. The number of nitrogens with zero attached hydrogens (tertiary/aromatic N) is 4. The average Bonchev–Trinajstić information content (AvgIpc) is 3.41. The van der Waals surface area contributed by atoms with Gasteiger partial charge >= 0.3 is 6.85 Å². The van der Waals surface area contributed by atoms with Gasteiger partial charge in [0.15, 0.2) is 0 Å². The van der Waals surface area contributed by atoms with E-state index in [0.717, 1.165) is 11.0 Å². The maximum atomic E-state index is 4.70. The van der Waals surface area contributed by atoms with E-state index in [1.807, 2.05) is 6.20 Å². The molecule has 0 bridgehead atoms. The minimum atomic E-state index is 0.0434. The van der Waals surface area contributed by atoms with Crippen molar-refractivity contribution in [3.05, 3.63) is 103 Å². The Labute approximate surface area is 202 Å². The third-order valence-electron chi connectivity index (χ3n) is 7.75. The number of rotatable bonds is 1. The van der Waals surface area contributed by atoms with Crippen LogP contribution in [0.25, 0.3) is 49.4 Å². The molecule has 1 aliphatic heterocycles. The van der Waals surface area contributed by atoms with Crippen molar-refractivity contribution in [2.24, 2.45) is 0 Å². The smallest absolute Gasteiger partial charge is 0.332 e. The number of aromatic nitrogens is 4. The highest BCUT2D eigenvalue weighted by Gasteiger charge is 2.36. The number of hydrogen-bond acceptors (Lipinski definition) is 2. The van der Waals surface area contributed by atoms with Crippen molar-refractivity contribution in [1.29, 1.82) is 0 Å². The maximum absolute atomic E-state index is 4.70. The minimum Gasteiger partial charge on any atom is -0.375 e. The van der Waals surface area contributed by atoms with E-state index in [1.54, 1.807) is 6.33 Å². The molecule has 0 saturated heterocycles. The predicted molar refractivity (Wildman–Crippen MR) is 146 cm³/mol. The second-order valence-corrected chi connectivity index (χ2v) is 9.61. The van der Waals surface area contributed by atoms with E-state index in [-0.39, 0.29) is 6.85 Å². The number of aryl methyl sites for hydroxylation is 2. The topological polar surface area (TPSA) is 35.6 Å². The van der Waals surface area contributed by atoms with Crippen molar-refractivity contribution in [2.45, 2.75) is 13.8 Å². The quantitative estimate of drug-likeness (QED) is 0.321. The fourth-order valence-corrected chi connectivity index (χ4v) is 6.42. The molecule has 0 aliphatic carbocycles. The molecule has 4 heterocycles. The second-order valence-electron chi connectivity index (χ2n) is 9.61. The highest BCUT2D eigenvalue weighted by Crippen LogP contribution is 2.36. The molecular formula is C30H21BN4. The number of para-hydroxylation sites is 4. The Morgan fingerprint density at radius 2 is 1.31 bits per heavy atom. The normalized spacial score (nSPS) is 12.8. The summed E-state index contributed by atoms with van der Waals surface area (Å²) in [4.78, 5) is 9.08. The molecule has 4 nitrogen and oxygen atoms in total. The number of fused-ring (bicyclic) bond motifs is 8. The molecule has 0 amide bonds. The number of benzene rings is 4. The summed E-state index contributed by atoms with van der Waals surface area (Å²) in [5, 5.41) is 3.80. The van der Waals surface area contributed by atoms with Gasteiger partial charge < -0.3 is 9.05 Å². The van der Waals surface area contributed by atoms with Crippen LogP contribution in [0.15, 0.2) is 91.4 Å². The van der Waals surface area contributed by atoms with Gasteiger partial charge in [0, 0.05) is 32.9 Å². The first kappa shape index (κ1) is 19.0. The van der Waals surface area contributed by atoms with E-state index in [4.69, 9.17) is 4.98 Å². The monoisotopic (exact) mass is 448 g/mol. The summed E-state index contributed by atoms with van der Waals surface area (Å²) in [7, 11) is 0. The molecule has 0 spiro atoms. The zero-order chi connectivity index (χ0) is 23.3. The zero-order valence-electron chi connectivity index (χ0n) is 19.5. The van der Waals surface area contributed by atoms with E-state index in [2.05, 4.69) is 107 Å². The van der Waals surface area contributed by atoms with Crippen LogP contribution in [0.4, 0.5) is 0 Å². The summed E-state index contributed by atoms with van der Waals surface area (Å²) in [5.74, 6) is 0. The minimum absolute atomic E-state index is 0.0434. The fraction of sp³-hybridized carbons (Fsp3) is 0.0667. The highest BCUT2D eigenvalue weighted by atomic mass is 15.0. The van der Waals surface area contributed by atoms with Crippen LogP contribution in [-0.4, -0.2) is 25.9 Å². The first-order valence-electron chi connectivity index (χ1n) is 12.0. The summed E-state index contributed by atoms with van der Waals surface area (Å²) in [6.45, 7) is 4.51. The summed E-state index contributed by atoms with van der Waals surface area (Å²) in [6.07, 6.45) is 3.59. The fourth-order valence-electron chi connectivity index (χ4n) is 6.42. The van der Waals surface area contributed by atoms with Gasteiger partial charge in [0.2, 0.25) is 0 Å². The lowest BCUT2D eigenvalue weighted by molar-refractivity contribution is 1.14. The Bertz CT molecular complexity index is 1940. The first-order valence-corrected chi connectivity index (χ1v) is 12.0. The van der Waals surface area contributed by atoms with Crippen molar-refractivity contribution in [1.82, 2.24) is 19.0 Å². The Kier molecular flexibility index (Phi) is 3.58. The van der Waals surface area contributed by atoms with Gasteiger partial charge in [0.05, 0.1) is 22.7 Å². The largest absolute Gasteiger partial charge is 0.375 e. The summed E-state index contributed by atoms with van der Waals surface area (Å²) >= 11 is 0. The van der Waals surface area contributed by atoms with Gasteiger partial charge in [-0.15, -0.1) is 0 Å². The van der Waals surface area contributed by atoms with Gasteiger partial charge in [0.1, 0.15) is 6.33 Å². The van der Waals surface area contributed by atoms with Crippen LogP contribution in [0.5, 0.6) is 0 Å². The van der Waals surface area contributed by atoms with E-state index >= 15 is 0 Å². The SMILES string of the molecule is Cc1cccc2c3cccc(C)c3n(B3c4ccccc4-n4c5cncnc5c5cccc3c54)c12. The molecule has 0 N–H and O–H groups in total. The summed E-state index contributed by atoms with van der Waals surface area (Å²) < 4.78 is 4.95. The molecule has 4 aromatic carbocycles. The van der Waals surface area contributed by atoms with Gasteiger partial charge in [-0.25, -0.2) is 9.97 Å². The summed E-state index contributed by atoms with van der Waals surface area (Å²) in [5.41, 5.74) is 12.3. The van der Waals surface area contributed by atoms with Crippen molar-refractivity contribution in [3.8, 4) is 5.69 Å². The Hall–Kier alpha value is -4.38. The van der Waals surface area contributed by atoms with Crippen LogP contribution in [0, 0.1) is 13.8 Å². The van der Waals surface area contributed by atoms with Crippen molar-refractivity contribution >= 4 is 61.5 Å².